The van der Waals surface area contributed by atoms with Gasteiger partial charge < -0.3 is 10.2 Å². The molecule has 4 nitrogen and oxygen atoms in total. The molecule has 2 aromatic carbocycles. The molecule has 0 aliphatic carbocycles. The van der Waals surface area contributed by atoms with Crippen molar-refractivity contribution in [1.29, 1.82) is 0 Å². The number of hydrogen-bond donors (Lipinski definition) is 1. The molecule has 0 atom stereocenters. The molecule has 0 saturated carbocycles. The van der Waals surface area contributed by atoms with Crippen molar-refractivity contribution in [2.24, 2.45) is 5.92 Å². The van der Waals surface area contributed by atoms with Gasteiger partial charge in [0.05, 0.1) is 5.56 Å². The van der Waals surface area contributed by atoms with Crippen molar-refractivity contribution in [2.45, 2.75) is 19.4 Å². The number of carbonyl (C=O) groups is 2. The number of piperidine rings is 1. The van der Waals surface area contributed by atoms with Gasteiger partial charge in [-0.05, 0) is 36.6 Å². The fraction of sp³-hybridized carbons (Fsp3) is 0.300. The van der Waals surface area contributed by atoms with E-state index in [4.69, 9.17) is 0 Å². The molecule has 2 aromatic rings. The Morgan fingerprint density at radius 3 is 2.42 bits per heavy atom. The summed E-state index contributed by atoms with van der Waals surface area (Å²) in [6, 6.07) is 12.5. The highest BCUT2D eigenvalue weighted by atomic mass is 19.1. The Kier molecular flexibility index (Phi) is 5.61. The number of halogens is 2. The van der Waals surface area contributed by atoms with Crippen LogP contribution >= 0.6 is 0 Å². The summed E-state index contributed by atoms with van der Waals surface area (Å²) in [5.74, 6) is -2.15. The molecule has 1 aliphatic heterocycles. The zero-order chi connectivity index (χ0) is 18.5. The third kappa shape index (κ3) is 4.25. The second-order valence-electron chi connectivity index (χ2n) is 6.39. The third-order valence-electron chi connectivity index (χ3n) is 4.62. The van der Waals surface area contributed by atoms with Crippen LogP contribution in [0, 0.1) is 17.6 Å². The van der Waals surface area contributed by atoms with Gasteiger partial charge in [0.15, 0.2) is 0 Å². The molecule has 1 fully saturated rings. The lowest BCUT2D eigenvalue weighted by Crippen LogP contribution is -2.43. The highest BCUT2D eigenvalue weighted by molar-refractivity contribution is 5.94. The van der Waals surface area contributed by atoms with Crippen LogP contribution in [0.5, 0.6) is 0 Å². The van der Waals surface area contributed by atoms with Crippen molar-refractivity contribution in [3.05, 3.63) is 71.3 Å². The molecule has 1 aliphatic rings. The average Bonchev–Trinajstić information content (AvgIpc) is 2.68. The second-order valence-corrected chi connectivity index (χ2v) is 6.39. The first-order chi connectivity index (χ1) is 12.5. The minimum absolute atomic E-state index is 0.0436. The maximum absolute atomic E-state index is 13.8. The molecule has 0 unspecified atom stereocenters. The van der Waals surface area contributed by atoms with E-state index >= 15 is 0 Å². The second kappa shape index (κ2) is 8.08. The van der Waals surface area contributed by atoms with Crippen LogP contribution in [-0.2, 0) is 11.3 Å². The van der Waals surface area contributed by atoms with E-state index in [0.717, 1.165) is 23.8 Å². The Labute approximate surface area is 150 Å². The quantitative estimate of drug-likeness (QED) is 0.913. The maximum atomic E-state index is 13.8. The molecule has 1 heterocycles. The van der Waals surface area contributed by atoms with Gasteiger partial charge >= 0.3 is 0 Å². The van der Waals surface area contributed by atoms with E-state index < -0.39 is 17.5 Å². The number of benzene rings is 2. The predicted molar refractivity (Wildman–Crippen MR) is 93.3 cm³/mol. The zero-order valence-corrected chi connectivity index (χ0v) is 14.3. The number of amides is 2. The smallest absolute Gasteiger partial charge is 0.256 e. The normalized spacial score (nSPS) is 14.9. The van der Waals surface area contributed by atoms with Gasteiger partial charge in [-0.25, -0.2) is 8.78 Å². The molecule has 1 N–H and O–H groups in total. The van der Waals surface area contributed by atoms with E-state index in [1.807, 2.05) is 30.3 Å². The van der Waals surface area contributed by atoms with E-state index in [0.29, 0.717) is 32.5 Å². The first-order valence-corrected chi connectivity index (χ1v) is 8.60. The number of carbonyl (C=O) groups excluding carboxylic acids is 2. The molecule has 0 spiro atoms. The summed E-state index contributed by atoms with van der Waals surface area (Å²) in [7, 11) is 0. The van der Waals surface area contributed by atoms with E-state index in [1.165, 1.54) is 4.90 Å². The molecular weight excluding hydrogens is 338 g/mol. The number of nitrogens with zero attached hydrogens (tertiary/aromatic N) is 1. The van der Waals surface area contributed by atoms with Crippen molar-refractivity contribution in [2.75, 3.05) is 13.1 Å². The lowest BCUT2D eigenvalue weighted by atomic mass is 9.95. The van der Waals surface area contributed by atoms with Gasteiger partial charge in [-0.15, -0.1) is 0 Å². The fourth-order valence-corrected chi connectivity index (χ4v) is 3.11. The number of likely N-dealkylation sites (tertiary alicyclic amines) is 1. The van der Waals surface area contributed by atoms with Crippen LogP contribution in [0.15, 0.2) is 48.5 Å². The molecule has 26 heavy (non-hydrogen) atoms. The largest absolute Gasteiger partial charge is 0.352 e. The van der Waals surface area contributed by atoms with Crippen LogP contribution in [-0.4, -0.2) is 29.8 Å². The van der Waals surface area contributed by atoms with Crippen LogP contribution in [0.3, 0.4) is 0 Å². The van der Waals surface area contributed by atoms with Crippen LogP contribution in [0.25, 0.3) is 0 Å². The lowest BCUT2D eigenvalue weighted by molar-refractivity contribution is -0.126. The van der Waals surface area contributed by atoms with Gasteiger partial charge in [-0.3, -0.25) is 9.59 Å². The van der Waals surface area contributed by atoms with Crippen LogP contribution < -0.4 is 5.32 Å². The topological polar surface area (TPSA) is 49.4 Å². The maximum Gasteiger partial charge on any atom is 0.256 e. The first kappa shape index (κ1) is 18.0. The molecule has 136 valence electrons. The fourth-order valence-electron chi connectivity index (χ4n) is 3.11. The van der Waals surface area contributed by atoms with Crippen molar-refractivity contribution in [1.82, 2.24) is 10.2 Å². The van der Waals surface area contributed by atoms with E-state index in [-0.39, 0.29) is 17.4 Å². The standard InChI is InChI=1S/C20H20F2N2O2/c21-16-6-7-18(22)17(12-16)20(26)24-10-8-15(9-11-24)19(25)23-13-14-4-2-1-3-5-14/h1-7,12,15H,8-11,13H2,(H,23,25). The number of rotatable bonds is 4. The molecule has 0 radical (unpaired) electrons. The Balaban J connectivity index is 1.53. The van der Waals surface area contributed by atoms with Crippen molar-refractivity contribution >= 4 is 11.8 Å². The molecule has 0 bridgehead atoms. The summed E-state index contributed by atoms with van der Waals surface area (Å²) in [4.78, 5) is 26.1. The van der Waals surface area contributed by atoms with Crippen molar-refractivity contribution in [3.8, 4) is 0 Å². The molecule has 6 heteroatoms. The predicted octanol–water partition coefficient (Wildman–Crippen LogP) is 3.13. The molecular formula is C20H20F2N2O2. The van der Waals surface area contributed by atoms with E-state index in [9.17, 15) is 18.4 Å². The Bertz CT molecular complexity index is 788. The summed E-state index contributed by atoms with van der Waals surface area (Å²) in [6.45, 7) is 1.16. The van der Waals surface area contributed by atoms with Crippen LogP contribution in [0.4, 0.5) is 8.78 Å². The van der Waals surface area contributed by atoms with Gasteiger partial charge in [-0.2, -0.15) is 0 Å². The first-order valence-electron chi connectivity index (χ1n) is 8.60. The monoisotopic (exact) mass is 358 g/mol. The summed E-state index contributed by atoms with van der Waals surface area (Å²) in [5.41, 5.74) is 0.757. The number of hydrogen-bond acceptors (Lipinski definition) is 2. The Morgan fingerprint density at radius 2 is 1.73 bits per heavy atom. The molecule has 3 rings (SSSR count). The van der Waals surface area contributed by atoms with Gasteiger partial charge in [0.25, 0.3) is 5.91 Å². The zero-order valence-electron chi connectivity index (χ0n) is 14.3. The summed E-state index contributed by atoms with van der Waals surface area (Å²) < 4.78 is 27.0. The Hall–Kier alpha value is -2.76. The number of nitrogens with one attached hydrogen (secondary N) is 1. The summed E-state index contributed by atoms with van der Waals surface area (Å²) in [5, 5.41) is 2.91. The minimum Gasteiger partial charge on any atom is -0.352 e. The van der Waals surface area contributed by atoms with Crippen molar-refractivity contribution in [3.63, 3.8) is 0 Å². The highest BCUT2D eigenvalue weighted by Crippen LogP contribution is 2.21. The van der Waals surface area contributed by atoms with Gasteiger partial charge in [0.2, 0.25) is 5.91 Å². The molecule has 2 amide bonds. The Morgan fingerprint density at radius 1 is 1.04 bits per heavy atom. The summed E-state index contributed by atoms with van der Waals surface area (Å²) in [6.07, 6.45) is 1.01. The van der Waals surface area contributed by atoms with Gasteiger partial charge in [-0.1, -0.05) is 30.3 Å². The van der Waals surface area contributed by atoms with Gasteiger partial charge in [0, 0.05) is 25.6 Å². The third-order valence-corrected chi connectivity index (χ3v) is 4.62. The SMILES string of the molecule is O=C(NCc1ccccc1)C1CCN(C(=O)c2cc(F)ccc2F)CC1. The van der Waals surface area contributed by atoms with E-state index in [2.05, 4.69) is 5.32 Å². The highest BCUT2D eigenvalue weighted by Gasteiger charge is 2.28. The molecule has 0 aromatic heterocycles. The van der Waals surface area contributed by atoms with Gasteiger partial charge in [0.1, 0.15) is 11.6 Å². The molecule has 1 saturated heterocycles. The van der Waals surface area contributed by atoms with Crippen LogP contribution in [0.2, 0.25) is 0 Å². The van der Waals surface area contributed by atoms with Crippen LogP contribution in [0.1, 0.15) is 28.8 Å². The minimum atomic E-state index is -0.737. The summed E-state index contributed by atoms with van der Waals surface area (Å²) >= 11 is 0. The van der Waals surface area contributed by atoms with E-state index in [1.54, 1.807) is 0 Å². The lowest BCUT2D eigenvalue weighted by Gasteiger charge is -2.31. The van der Waals surface area contributed by atoms with Crippen molar-refractivity contribution < 1.29 is 18.4 Å². The average molecular weight is 358 g/mol.